The zero-order chi connectivity index (χ0) is 15.3. The lowest BCUT2D eigenvalue weighted by Crippen LogP contribution is -2.13. The summed E-state index contributed by atoms with van der Waals surface area (Å²) in [7, 11) is -3.65. The van der Waals surface area contributed by atoms with Gasteiger partial charge in [-0.1, -0.05) is 13.3 Å². The number of ether oxygens (including phenoxy) is 1. The molecule has 0 aliphatic heterocycles. The molecule has 8 heteroatoms. The summed E-state index contributed by atoms with van der Waals surface area (Å²) in [5.41, 5.74) is 0. The second-order valence-corrected chi connectivity index (χ2v) is 6.91. The van der Waals surface area contributed by atoms with Crippen molar-refractivity contribution in [2.75, 3.05) is 11.3 Å². The Balaban J connectivity index is 2.08. The number of benzene rings is 1. The number of hydrogen-bond acceptors (Lipinski definition) is 4. The standard InChI is InChI=1S/C13H16BrN3O3S/c1-2-3-8-20-10-4-6-11(7-5-10)21(18,19)17-13-12(14)9-15-16-13/h4-7,9H,2-3,8H2,1H3,(H2,15,16,17). The smallest absolute Gasteiger partial charge is 0.263 e. The Kier molecular flexibility index (Phi) is 5.24. The van der Waals surface area contributed by atoms with E-state index >= 15 is 0 Å². The normalized spacial score (nSPS) is 11.3. The van der Waals surface area contributed by atoms with Crippen molar-refractivity contribution in [3.8, 4) is 5.75 Å². The van der Waals surface area contributed by atoms with Crippen LogP contribution < -0.4 is 9.46 Å². The van der Waals surface area contributed by atoms with Gasteiger partial charge >= 0.3 is 0 Å². The number of nitrogens with one attached hydrogen (secondary N) is 2. The Morgan fingerprint density at radius 1 is 1.33 bits per heavy atom. The quantitative estimate of drug-likeness (QED) is 0.730. The fraction of sp³-hybridized carbons (Fsp3) is 0.308. The summed E-state index contributed by atoms with van der Waals surface area (Å²) in [5.74, 6) is 0.948. The Morgan fingerprint density at radius 3 is 2.62 bits per heavy atom. The van der Waals surface area contributed by atoms with Crippen molar-refractivity contribution in [3.63, 3.8) is 0 Å². The minimum atomic E-state index is -3.65. The summed E-state index contributed by atoms with van der Waals surface area (Å²) >= 11 is 3.20. The second kappa shape index (κ2) is 6.95. The Labute approximate surface area is 132 Å². The highest BCUT2D eigenvalue weighted by molar-refractivity contribution is 9.10. The first-order valence-corrected chi connectivity index (χ1v) is 8.75. The maximum atomic E-state index is 12.2. The van der Waals surface area contributed by atoms with Gasteiger partial charge in [-0.25, -0.2) is 8.42 Å². The number of halogens is 1. The molecule has 0 unspecified atom stereocenters. The molecule has 0 bridgehead atoms. The molecule has 2 aromatic rings. The maximum absolute atomic E-state index is 12.2. The average Bonchev–Trinajstić information content (AvgIpc) is 2.84. The minimum Gasteiger partial charge on any atom is -0.494 e. The van der Waals surface area contributed by atoms with Crippen molar-refractivity contribution in [2.45, 2.75) is 24.7 Å². The first-order chi connectivity index (χ1) is 10.0. The van der Waals surface area contributed by atoms with Gasteiger partial charge in [-0.2, -0.15) is 5.10 Å². The fourth-order valence-electron chi connectivity index (χ4n) is 1.59. The molecule has 0 fully saturated rings. The summed E-state index contributed by atoms with van der Waals surface area (Å²) in [4.78, 5) is 0.159. The topological polar surface area (TPSA) is 84.1 Å². The summed E-state index contributed by atoms with van der Waals surface area (Å²) < 4.78 is 32.9. The maximum Gasteiger partial charge on any atom is 0.263 e. The molecule has 6 nitrogen and oxygen atoms in total. The summed E-state index contributed by atoms with van der Waals surface area (Å²) in [6.07, 6.45) is 3.49. The van der Waals surface area contributed by atoms with Crippen LogP contribution in [0.1, 0.15) is 19.8 Å². The molecule has 2 rings (SSSR count). The number of sulfonamides is 1. The average molecular weight is 374 g/mol. The number of aromatic nitrogens is 2. The third kappa shape index (κ3) is 4.21. The van der Waals surface area contributed by atoms with E-state index < -0.39 is 10.0 Å². The van der Waals surface area contributed by atoms with Gasteiger partial charge < -0.3 is 4.74 Å². The molecule has 1 aromatic carbocycles. The van der Waals surface area contributed by atoms with Gasteiger partial charge in [-0.3, -0.25) is 9.82 Å². The predicted molar refractivity (Wildman–Crippen MR) is 83.9 cm³/mol. The number of H-pyrrole nitrogens is 1. The van der Waals surface area contributed by atoms with Crippen LogP contribution in [-0.2, 0) is 10.0 Å². The molecule has 1 aromatic heterocycles. The molecule has 114 valence electrons. The summed E-state index contributed by atoms with van der Waals surface area (Å²) in [6.45, 7) is 2.71. The first-order valence-electron chi connectivity index (χ1n) is 6.47. The van der Waals surface area contributed by atoms with E-state index in [1.54, 1.807) is 12.1 Å². The molecule has 0 radical (unpaired) electrons. The molecule has 1 heterocycles. The Bertz CT molecular complexity index is 683. The van der Waals surface area contributed by atoms with Gasteiger partial charge in [0.05, 0.1) is 22.2 Å². The molecule has 0 atom stereocenters. The van der Waals surface area contributed by atoms with Crippen LogP contribution in [0, 0.1) is 0 Å². The van der Waals surface area contributed by atoms with Gasteiger partial charge in [0.2, 0.25) is 0 Å². The highest BCUT2D eigenvalue weighted by Gasteiger charge is 2.16. The van der Waals surface area contributed by atoms with Gasteiger partial charge in [0.25, 0.3) is 10.0 Å². The van der Waals surface area contributed by atoms with E-state index in [1.165, 1.54) is 18.3 Å². The summed E-state index contributed by atoms with van der Waals surface area (Å²) in [5, 5.41) is 6.30. The van der Waals surface area contributed by atoms with Crippen LogP contribution in [0.25, 0.3) is 0 Å². The van der Waals surface area contributed by atoms with Gasteiger partial charge in [0.1, 0.15) is 11.6 Å². The van der Waals surface area contributed by atoms with E-state index in [9.17, 15) is 8.42 Å². The summed E-state index contributed by atoms with van der Waals surface area (Å²) in [6, 6.07) is 6.31. The third-order valence-corrected chi connectivity index (χ3v) is 4.70. The SMILES string of the molecule is CCCCOc1ccc(S(=O)(=O)Nc2[nH]ncc2Br)cc1. The number of rotatable bonds is 7. The van der Waals surface area contributed by atoms with Crippen LogP contribution in [0.2, 0.25) is 0 Å². The van der Waals surface area contributed by atoms with Crippen molar-refractivity contribution < 1.29 is 13.2 Å². The lowest BCUT2D eigenvalue weighted by molar-refractivity contribution is 0.309. The number of hydrogen-bond donors (Lipinski definition) is 2. The number of anilines is 1. The molecule has 0 aliphatic rings. The van der Waals surface area contributed by atoms with Gasteiger partial charge in [-0.05, 0) is 46.6 Å². The van der Waals surface area contributed by atoms with Crippen LogP contribution in [0.15, 0.2) is 39.8 Å². The highest BCUT2D eigenvalue weighted by atomic mass is 79.9. The monoisotopic (exact) mass is 373 g/mol. The van der Waals surface area contributed by atoms with E-state index in [4.69, 9.17) is 4.74 Å². The molecule has 2 N–H and O–H groups in total. The zero-order valence-electron chi connectivity index (χ0n) is 11.5. The molecule has 0 spiro atoms. The fourth-order valence-corrected chi connectivity index (χ4v) is 3.04. The van der Waals surface area contributed by atoms with E-state index in [0.29, 0.717) is 22.6 Å². The molecule has 0 aliphatic carbocycles. The third-order valence-electron chi connectivity index (χ3n) is 2.73. The number of nitrogens with zero attached hydrogens (tertiary/aromatic N) is 1. The van der Waals surface area contributed by atoms with Gasteiger partial charge in [0.15, 0.2) is 0 Å². The number of unbranched alkanes of at least 4 members (excludes halogenated alkanes) is 1. The highest BCUT2D eigenvalue weighted by Crippen LogP contribution is 2.23. The van der Waals surface area contributed by atoms with Crippen molar-refractivity contribution in [1.29, 1.82) is 0 Å². The second-order valence-electron chi connectivity index (χ2n) is 4.37. The molecular formula is C13H16BrN3O3S. The van der Waals surface area contributed by atoms with E-state index in [2.05, 4.69) is 37.8 Å². The Morgan fingerprint density at radius 2 is 2.05 bits per heavy atom. The van der Waals surface area contributed by atoms with Crippen LogP contribution in [0.3, 0.4) is 0 Å². The van der Waals surface area contributed by atoms with Crippen LogP contribution in [0.5, 0.6) is 5.75 Å². The number of aromatic amines is 1. The van der Waals surface area contributed by atoms with Crippen molar-refractivity contribution in [2.24, 2.45) is 0 Å². The van der Waals surface area contributed by atoms with Crippen LogP contribution in [0.4, 0.5) is 5.82 Å². The largest absolute Gasteiger partial charge is 0.494 e. The van der Waals surface area contributed by atoms with Crippen molar-refractivity contribution >= 4 is 31.8 Å². The molecular weight excluding hydrogens is 358 g/mol. The lowest BCUT2D eigenvalue weighted by atomic mass is 10.3. The Hall–Kier alpha value is -1.54. The van der Waals surface area contributed by atoms with Crippen LogP contribution >= 0.6 is 15.9 Å². The van der Waals surface area contributed by atoms with Gasteiger partial charge in [-0.15, -0.1) is 0 Å². The van der Waals surface area contributed by atoms with E-state index in [0.717, 1.165) is 12.8 Å². The molecule has 21 heavy (non-hydrogen) atoms. The molecule has 0 saturated heterocycles. The zero-order valence-corrected chi connectivity index (χ0v) is 13.9. The minimum absolute atomic E-state index is 0.159. The lowest BCUT2D eigenvalue weighted by Gasteiger charge is -2.08. The predicted octanol–water partition coefficient (Wildman–Crippen LogP) is 3.15. The van der Waals surface area contributed by atoms with Crippen molar-refractivity contribution in [1.82, 2.24) is 10.2 Å². The first kappa shape index (κ1) is 15.8. The van der Waals surface area contributed by atoms with E-state index in [-0.39, 0.29) is 4.90 Å². The van der Waals surface area contributed by atoms with Crippen LogP contribution in [-0.4, -0.2) is 25.2 Å². The van der Waals surface area contributed by atoms with Crippen molar-refractivity contribution in [3.05, 3.63) is 34.9 Å². The molecule has 0 saturated carbocycles. The van der Waals surface area contributed by atoms with E-state index in [1.807, 2.05) is 0 Å². The molecule has 0 amide bonds. The van der Waals surface area contributed by atoms with Gasteiger partial charge in [0, 0.05) is 0 Å².